The fourth-order valence-electron chi connectivity index (χ4n) is 1.26. The lowest BCUT2D eigenvalue weighted by Crippen LogP contribution is -2.47. The smallest absolute Gasteiger partial charge is 0.389 e. The average molecular weight is 299 g/mol. The van der Waals surface area contributed by atoms with Gasteiger partial charge in [-0.15, -0.1) is 0 Å². The van der Waals surface area contributed by atoms with Crippen LogP contribution in [0.4, 0.5) is 18.0 Å². The molecule has 0 aromatic carbocycles. The maximum atomic E-state index is 11.8. The normalized spacial score (nSPS) is 12.6. The highest BCUT2D eigenvalue weighted by Crippen LogP contribution is 2.21. The Hall–Kier alpha value is -2.00. The number of urea groups is 1. The van der Waals surface area contributed by atoms with Gasteiger partial charge in [0.1, 0.15) is 6.04 Å². The number of unbranched alkanes of at least 4 members (excludes halogenated alkanes) is 1. The van der Waals surface area contributed by atoms with Gasteiger partial charge in [-0.2, -0.15) is 13.2 Å². The number of primary amides is 1. The molecule has 20 heavy (non-hydrogen) atoms. The highest BCUT2D eigenvalue weighted by Gasteiger charge is 2.26. The minimum absolute atomic E-state index is 0.0369. The molecule has 1 atom stereocenters. The molecule has 10 heteroatoms. The lowest BCUT2D eigenvalue weighted by atomic mass is 10.2. The van der Waals surface area contributed by atoms with Crippen molar-refractivity contribution in [2.75, 3.05) is 6.54 Å². The Balaban J connectivity index is 3.91. The Kier molecular flexibility index (Phi) is 7.40. The van der Waals surface area contributed by atoms with E-state index in [9.17, 15) is 27.6 Å². The fourth-order valence-corrected chi connectivity index (χ4v) is 1.26. The number of carboxylic acid groups (broad SMARTS) is 1. The predicted molar refractivity (Wildman–Crippen MR) is 61.7 cm³/mol. The van der Waals surface area contributed by atoms with Gasteiger partial charge in [-0.3, -0.25) is 4.79 Å². The van der Waals surface area contributed by atoms with Gasteiger partial charge < -0.3 is 21.5 Å². The Morgan fingerprint density at radius 2 is 1.80 bits per heavy atom. The van der Waals surface area contributed by atoms with E-state index in [1.807, 2.05) is 5.32 Å². The van der Waals surface area contributed by atoms with E-state index in [-0.39, 0.29) is 19.4 Å². The van der Waals surface area contributed by atoms with E-state index in [2.05, 4.69) is 5.32 Å². The zero-order chi connectivity index (χ0) is 15.8. The third-order valence-corrected chi connectivity index (χ3v) is 2.18. The third kappa shape index (κ3) is 9.97. The number of nitrogens with one attached hydrogen (secondary N) is 2. The molecule has 0 bridgehead atoms. The molecular weight excluding hydrogens is 283 g/mol. The Morgan fingerprint density at radius 3 is 2.25 bits per heavy atom. The average Bonchev–Trinajstić information content (AvgIpc) is 2.25. The standard InChI is InChI=1S/C10H16F3N3O4/c11-10(12,13)3-1-2-4-15-9(20)16-6(8(18)19)5-7(14)17/h6H,1-5H2,(H2,14,17)(H,18,19)(H2,15,16,20)/t6-/m1/s1. The van der Waals surface area contributed by atoms with Crippen LogP contribution in [0.25, 0.3) is 0 Å². The van der Waals surface area contributed by atoms with Crippen LogP contribution < -0.4 is 16.4 Å². The number of carbonyl (C=O) groups excluding carboxylic acids is 2. The number of hydrogen-bond donors (Lipinski definition) is 4. The number of alkyl halides is 3. The zero-order valence-electron chi connectivity index (χ0n) is 10.5. The molecule has 0 aromatic rings. The summed E-state index contributed by atoms with van der Waals surface area (Å²) in [6, 6.07) is -2.35. The number of amides is 3. The van der Waals surface area contributed by atoms with Crippen molar-refractivity contribution in [3.63, 3.8) is 0 Å². The van der Waals surface area contributed by atoms with Crippen LogP contribution in [0, 0.1) is 0 Å². The van der Waals surface area contributed by atoms with Gasteiger partial charge in [-0.1, -0.05) is 0 Å². The minimum Gasteiger partial charge on any atom is -0.480 e. The van der Waals surface area contributed by atoms with Gasteiger partial charge in [0.25, 0.3) is 0 Å². The first-order chi connectivity index (χ1) is 9.11. The van der Waals surface area contributed by atoms with Crippen LogP contribution in [0.1, 0.15) is 25.7 Å². The summed E-state index contributed by atoms with van der Waals surface area (Å²) in [7, 11) is 0. The predicted octanol–water partition coefficient (Wildman–Crippen LogP) is 0.347. The highest BCUT2D eigenvalue weighted by atomic mass is 19.4. The molecule has 0 fully saturated rings. The third-order valence-electron chi connectivity index (χ3n) is 2.18. The van der Waals surface area contributed by atoms with Crippen LogP contribution in [0.2, 0.25) is 0 Å². The molecule has 5 N–H and O–H groups in total. The SMILES string of the molecule is NC(=O)C[C@@H](NC(=O)NCCCCC(F)(F)F)C(=O)O. The van der Waals surface area contributed by atoms with E-state index in [0.29, 0.717) is 0 Å². The van der Waals surface area contributed by atoms with Crippen LogP contribution in [0.3, 0.4) is 0 Å². The van der Waals surface area contributed by atoms with Crippen molar-refractivity contribution in [3.05, 3.63) is 0 Å². The summed E-state index contributed by atoms with van der Waals surface area (Å²) in [6.07, 6.45) is -5.81. The Labute approximate surface area is 112 Å². The van der Waals surface area contributed by atoms with Gasteiger partial charge in [0.05, 0.1) is 6.42 Å². The van der Waals surface area contributed by atoms with Crippen LogP contribution in [0.5, 0.6) is 0 Å². The summed E-state index contributed by atoms with van der Waals surface area (Å²) in [4.78, 5) is 32.5. The molecule has 0 radical (unpaired) electrons. The molecule has 0 rings (SSSR count). The second kappa shape index (κ2) is 8.23. The molecule has 0 aliphatic heterocycles. The van der Waals surface area contributed by atoms with Gasteiger partial charge >= 0.3 is 18.2 Å². The number of hydrogen-bond acceptors (Lipinski definition) is 3. The van der Waals surface area contributed by atoms with Crippen molar-refractivity contribution in [1.82, 2.24) is 10.6 Å². The number of aliphatic carboxylic acids is 1. The molecule has 7 nitrogen and oxygen atoms in total. The molecule has 116 valence electrons. The van der Waals surface area contributed by atoms with E-state index >= 15 is 0 Å². The lowest BCUT2D eigenvalue weighted by molar-refractivity contribution is -0.141. The van der Waals surface area contributed by atoms with E-state index < -0.39 is 43.0 Å². The molecule has 3 amide bonds. The van der Waals surface area contributed by atoms with Gasteiger partial charge in [0, 0.05) is 13.0 Å². The van der Waals surface area contributed by atoms with Crippen LogP contribution in [-0.2, 0) is 9.59 Å². The molecule has 0 unspecified atom stereocenters. The lowest BCUT2D eigenvalue weighted by Gasteiger charge is -2.13. The van der Waals surface area contributed by atoms with E-state index in [1.165, 1.54) is 0 Å². The number of carboxylic acids is 1. The first-order valence-corrected chi connectivity index (χ1v) is 5.74. The van der Waals surface area contributed by atoms with Crippen molar-refractivity contribution < 1.29 is 32.7 Å². The van der Waals surface area contributed by atoms with Gasteiger partial charge in [-0.25, -0.2) is 9.59 Å². The number of carbonyl (C=O) groups is 3. The molecule has 0 aliphatic rings. The van der Waals surface area contributed by atoms with Crippen molar-refractivity contribution >= 4 is 17.9 Å². The summed E-state index contributed by atoms with van der Waals surface area (Å²) in [5, 5.41) is 12.9. The largest absolute Gasteiger partial charge is 0.480 e. The van der Waals surface area contributed by atoms with Crippen molar-refractivity contribution in [1.29, 1.82) is 0 Å². The summed E-state index contributed by atoms with van der Waals surface area (Å²) >= 11 is 0. The molecule has 0 saturated carbocycles. The highest BCUT2D eigenvalue weighted by molar-refractivity contribution is 5.87. The number of rotatable bonds is 8. The molecular formula is C10H16F3N3O4. The maximum absolute atomic E-state index is 11.8. The van der Waals surface area contributed by atoms with Gasteiger partial charge in [0.2, 0.25) is 5.91 Å². The second-order valence-electron chi connectivity index (χ2n) is 4.03. The first kappa shape index (κ1) is 18.0. The van der Waals surface area contributed by atoms with Crippen molar-refractivity contribution in [3.8, 4) is 0 Å². The van der Waals surface area contributed by atoms with Crippen LogP contribution >= 0.6 is 0 Å². The molecule has 0 heterocycles. The zero-order valence-corrected chi connectivity index (χ0v) is 10.5. The van der Waals surface area contributed by atoms with Crippen molar-refractivity contribution in [2.24, 2.45) is 5.73 Å². The Morgan fingerprint density at radius 1 is 1.20 bits per heavy atom. The molecule has 0 aliphatic carbocycles. The first-order valence-electron chi connectivity index (χ1n) is 5.74. The number of halogens is 3. The topological polar surface area (TPSA) is 122 Å². The minimum atomic E-state index is -4.24. The van der Waals surface area contributed by atoms with E-state index in [1.54, 1.807) is 0 Å². The van der Waals surface area contributed by atoms with Gasteiger partial charge in [-0.05, 0) is 12.8 Å². The quantitative estimate of drug-likeness (QED) is 0.483. The summed E-state index contributed by atoms with van der Waals surface area (Å²) in [5.74, 6) is -2.33. The molecule has 0 spiro atoms. The van der Waals surface area contributed by atoms with Crippen molar-refractivity contribution in [2.45, 2.75) is 37.9 Å². The van der Waals surface area contributed by atoms with Crippen LogP contribution in [-0.4, -0.2) is 41.8 Å². The summed E-state index contributed by atoms with van der Waals surface area (Å²) in [6.45, 7) is -0.0369. The van der Waals surface area contributed by atoms with E-state index in [0.717, 1.165) is 0 Å². The molecule has 0 saturated heterocycles. The second-order valence-corrected chi connectivity index (χ2v) is 4.03. The number of nitrogens with two attached hydrogens (primary N) is 1. The Bertz CT molecular complexity index is 360. The monoisotopic (exact) mass is 299 g/mol. The molecule has 0 aromatic heterocycles. The van der Waals surface area contributed by atoms with Crippen LogP contribution in [0.15, 0.2) is 0 Å². The van der Waals surface area contributed by atoms with Gasteiger partial charge in [0.15, 0.2) is 0 Å². The fraction of sp³-hybridized carbons (Fsp3) is 0.700. The maximum Gasteiger partial charge on any atom is 0.389 e. The summed E-state index contributed by atoms with van der Waals surface area (Å²) < 4.78 is 35.4. The van der Waals surface area contributed by atoms with E-state index in [4.69, 9.17) is 10.8 Å². The summed E-state index contributed by atoms with van der Waals surface area (Å²) in [5.41, 5.74) is 4.81.